The summed E-state index contributed by atoms with van der Waals surface area (Å²) in [5.74, 6) is 1.67. The minimum Gasteiger partial charge on any atom is -0.497 e. The van der Waals surface area contributed by atoms with Crippen molar-refractivity contribution in [1.82, 2.24) is 14.9 Å². The van der Waals surface area contributed by atoms with Crippen molar-refractivity contribution in [1.29, 1.82) is 5.26 Å². The van der Waals surface area contributed by atoms with Crippen LogP contribution in [0.1, 0.15) is 32.5 Å². The third kappa shape index (κ3) is 3.41. The highest BCUT2D eigenvalue weighted by Gasteiger charge is 2.22. The van der Waals surface area contributed by atoms with Gasteiger partial charge in [-0.25, -0.2) is 9.97 Å². The molecule has 0 aliphatic carbocycles. The van der Waals surface area contributed by atoms with Crippen molar-refractivity contribution in [3.8, 4) is 11.8 Å². The van der Waals surface area contributed by atoms with E-state index in [4.69, 9.17) is 4.74 Å². The lowest BCUT2D eigenvalue weighted by molar-refractivity contribution is 0.177. The summed E-state index contributed by atoms with van der Waals surface area (Å²) in [4.78, 5) is 11.2. The van der Waals surface area contributed by atoms with Crippen LogP contribution in [0.25, 0.3) is 10.9 Å². The quantitative estimate of drug-likeness (QED) is 0.932. The molecule has 1 saturated heterocycles. The van der Waals surface area contributed by atoms with Crippen molar-refractivity contribution in [2.24, 2.45) is 0 Å². The van der Waals surface area contributed by atoms with Crippen molar-refractivity contribution in [2.75, 3.05) is 25.5 Å². The molecule has 1 aliphatic heterocycles. The molecule has 0 atom stereocenters. The Bertz CT molecular complexity index is 760. The fraction of sp³-hybridized carbons (Fsp3) is 0.500. The second-order valence-electron chi connectivity index (χ2n) is 6.44. The molecule has 126 valence electrons. The Labute approximate surface area is 142 Å². The van der Waals surface area contributed by atoms with Crippen molar-refractivity contribution in [2.45, 2.75) is 38.8 Å². The fourth-order valence-corrected chi connectivity index (χ4v) is 3.15. The maximum atomic E-state index is 9.19. The molecule has 6 nitrogen and oxygen atoms in total. The highest BCUT2D eigenvalue weighted by Crippen LogP contribution is 2.27. The highest BCUT2D eigenvalue weighted by molar-refractivity contribution is 5.90. The van der Waals surface area contributed by atoms with Gasteiger partial charge in [-0.1, -0.05) is 0 Å². The first-order valence-corrected chi connectivity index (χ1v) is 8.37. The van der Waals surface area contributed by atoms with Crippen molar-refractivity contribution in [3.05, 3.63) is 24.0 Å². The molecule has 1 aliphatic rings. The number of ether oxygens (including phenoxy) is 1. The summed E-state index contributed by atoms with van der Waals surface area (Å²) in [6.07, 6.45) is 2.13. The summed E-state index contributed by atoms with van der Waals surface area (Å²) in [5.41, 5.74) is 0.754. The maximum Gasteiger partial charge on any atom is 0.234 e. The number of nitrogens with zero attached hydrogens (tertiary/aromatic N) is 4. The number of aromatic nitrogens is 2. The van der Waals surface area contributed by atoms with E-state index in [1.807, 2.05) is 24.3 Å². The fourth-order valence-electron chi connectivity index (χ4n) is 3.15. The Morgan fingerprint density at radius 2 is 2.04 bits per heavy atom. The Hall–Kier alpha value is -2.39. The number of benzene rings is 1. The molecule has 3 rings (SSSR count). The lowest BCUT2D eigenvalue weighted by Crippen LogP contribution is -2.42. The normalized spacial score (nSPS) is 16.3. The average molecular weight is 325 g/mol. The first-order valence-electron chi connectivity index (χ1n) is 8.37. The number of likely N-dealkylation sites (tertiary alicyclic amines) is 1. The summed E-state index contributed by atoms with van der Waals surface area (Å²) in [5, 5.41) is 13.6. The number of methoxy groups -OCH3 is 1. The molecule has 0 saturated carbocycles. The van der Waals surface area contributed by atoms with Gasteiger partial charge in [-0.15, -0.1) is 0 Å². The number of nitriles is 1. The molecular weight excluding hydrogens is 302 g/mol. The Balaban J connectivity index is 1.87. The van der Waals surface area contributed by atoms with E-state index in [9.17, 15) is 5.26 Å². The third-order valence-corrected chi connectivity index (χ3v) is 4.60. The van der Waals surface area contributed by atoms with Crippen molar-refractivity contribution in [3.63, 3.8) is 0 Å². The van der Waals surface area contributed by atoms with Gasteiger partial charge in [0.2, 0.25) is 5.82 Å². The monoisotopic (exact) mass is 325 g/mol. The second-order valence-corrected chi connectivity index (χ2v) is 6.44. The van der Waals surface area contributed by atoms with Crippen LogP contribution in [0.2, 0.25) is 0 Å². The Morgan fingerprint density at radius 1 is 1.29 bits per heavy atom. The Morgan fingerprint density at radius 3 is 2.67 bits per heavy atom. The molecule has 0 unspecified atom stereocenters. The number of nitrogens with one attached hydrogen (secondary N) is 1. The molecule has 2 aromatic rings. The molecular formula is C18H23N5O. The van der Waals surface area contributed by atoms with Crippen LogP contribution < -0.4 is 10.1 Å². The summed E-state index contributed by atoms with van der Waals surface area (Å²) in [7, 11) is 1.64. The maximum absolute atomic E-state index is 9.19. The van der Waals surface area contributed by atoms with Gasteiger partial charge < -0.3 is 15.0 Å². The van der Waals surface area contributed by atoms with E-state index in [1.165, 1.54) is 0 Å². The molecule has 0 amide bonds. The second kappa shape index (κ2) is 7.02. The smallest absolute Gasteiger partial charge is 0.234 e. The van der Waals surface area contributed by atoms with Gasteiger partial charge in [0.15, 0.2) is 0 Å². The van der Waals surface area contributed by atoms with Crippen LogP contribution in [0, 0.1) is 11.3 Å². The SMILES string of the molecule is COc1ccc2nc(C#N)nc(NC3CCN(C(C)C)CC3)c2c1. The van der Waals surface area contributed by atoms with Crippen LogP contribution in [0.4, 0.5) is 5.82 Å². The minimum absolute atomic E-state index is 0.190. The van der Waals surface area contributed by atoms with E-state index in [0.717, 1.165) is 48.4 Å². The van der Waals surface area contributed by atoms with Crippen molar-refractivity contribution < 1.29 is 4.74 Å². The van der Waals surface area contributed by atoms with Gasteiger partial charge in [-0.2, -0.15) is 5.26 Å². The molecule has 1 N–H and O–H groups in total. The summed E-state index contributed by atoms with van der Waals surface area (Å²) < 4.78 is 5.31. The molecule has 0 radical (unpaired) electrons. The number of piperidine rings is 1. The number of hydrogen-bond acceptors (Lipinski definition) is 6. The molecule has 1 aromatic heterocycles. The first kappa shape index (κ1) is 16.5. The predicted molar refractivity (Wildman–Crippen MR) is 94.2 cm³/mol. The van der Waals surface area contributed by atoms with E-state index >= 15 is 0 Å². The lowest BCUT2D eigenvalue weighted by Gasteiger charge is -2.35. The number of anilines is 1. The number of rotatable bonds is 4. The zero-order chi connectivity index (χ0) is 17.1. The van der Waals surface area contributed by atoms with Crippen LogP contribution in [0.3, 0.4) is 0 Å². The zero-order valence-corrected chi connectivity index (χ0v) is 14.4. The van der Waals surface area contributed by atoms with Gasteiger partial charge in [0.1, 0.15) is 17.6 Å². The standard InChI is InChI=1S/C18H23N5O/c1-12(2)23-8-6-13(7-9-23)20-18-15-10-14(24-3)4-5-16(15)21-17(11-19)22-18/h4-5,10,12-13H,6-9H2,1-3H3,(H,20,21,22). The van der Waals surface area contributed by atoms with E-state index in [1.54, 1.807) is 7.11 Å². The molecule has 6 heteroatoms. The Kier molecular flexibility index (Phi) is 4.81. The molecule has 0 bridgehead atoms. The van der Waals surface area contributed by atoms with E-state index in [-0.39, 0.29) is 5.82 Å². The molecule has 1 fully saturated rings. The van der Waals surface area contributed by atoms with E-state index in [0.29, 0.717) is 12.1 Å². The molecule has 0 spiro atoms. The molecule has 2 heterocycles. The number of fused-ring (bicyclic) bond motifs is 1. The average Bonchev–Trinajstić information content (AvgIpc) is 2.61. The molecule has 24 heavy (non-hydrogen) atoms. The van der Waals surface area contributed by atoms with E-state index in [2.05, 4.69) is 34.0 Å². The third-order valence-electron chi connectivity index (χ3n) is 4.60. The van der Waals surface area contributed by atoms with Gasteiger partial charge >= 0.3 is 0 Å². The largest absolute Gasteiger partial charge is 0.497 e. The van der Waals surface area contributed by atoms with E-state index < -0.39 is 0 Å². The summed E-state index contributed by atoms with van der Waals surface area (Å²) in [6, 6.07) is 8.62. The predicted octanol–water partition coefficient (Wildman–Crippen LogP) is 2.79. The van der Waals surface area contributed by atoms with Gasteiger partial charge in [0, 0.05) is 30.6 Å². The van der Waals surface area contributed by atoms with Crippen LogP contribution in [-0.4, -0.2) is 47.2 Å². The lowest BCUT2D eigenvalue weighted by atomic mass is 10.0. The van der Waals surface area contributed by atoms with Gasteiger partial charge in [-0.05, 0) is 44.9 Å². The summed E-state index contributed by atoms with van der Waals surface area (Å²) >= 11 is 0. The zero-order valence-electron chi connectivity index (χ0n) is 14.4. The van der Waals surface area contributed by atoms with Crippen LogP contribution in [0.15, 0.2) is 18.2 Å². The van der Waals surface area contributed by atoms with Crippen LogP contribution in [-0.2, 0) is 0 Å². The summed E-state index contributed by atoms with van der Waals surface area (Å²) in [6.45, 7) is 6.62. The highest BCUT2D eigenvalue weighted by atomic mass is 16.5. The van der Waals surface area contributed by atoms with Crippen LogP contribution in [0.5, 0.6) is 5.75 Å². The van der Waals surface area contributed by atoms with Gasteiger partial charge in [0.05, 0.1) is 12.6 Å². The van der Waals surface area contributed by atoms with Gasteiger partial charge in [-0.3, -0.25) is 0 Å². The topological polar surface area (TPSA) is 74.1 Å². The number of hydrogen-bond donors (Lipinski definition) is 1. The minimum atomic E-state index is 0.190. The van der Waals surface area contributed by atoms with Gasteiger partial charge in [0.25, 0.3) is 0 Å². The first-order chi connectivity index (χ1) is 11.6. The van der Waals surface area contributed by atoms with Crippen molar-refractivity contribution >= 4 is 16.7 Å². The van der Waals surface area contributed by atoms with Crippen LogP contribution >= 0.6 is 0 Å². The molecule has 1 aromatic carbocycles.